The van der Waals surface area contributed by atoms with Gasteiger partial charge in [-0.2, -0.15) is 0 Å². The minimum atomic E-state index is 0.275. The Kier molecular flexibility index (Phi) is 3.59. The Bertz CT molecular complexity index is 313. The van der Waals surface area contributed by atoms with Crippen LogP contribution in [0.25, 0.3) is 0 Å². The molecule has 0 radical (unpaired) electrons. The third-order valence-corrected chi connectivity index (χ3v) is 3.93. The third-order valence-electron chi connectivity index (χ3n) is 3.93. The number of nitrogens with zero attached hydrogens (tertiary/aromatic N) is 1. The number of hydrogen-bond donors (Lipinski definition) is 1. The zero-order valence-corrected chi connectivity index (χ0v) is 10.4. The zero-order valence-electron chi connectivity index (χ0n) is 10.4. The summed E-state index contributed by atoms with van der Waals surface area (Å²) in [6.07, 6.45) is 8.95. The predicted octanol–water partition coefficient (Wildman–Crippen LogP) is 2.89. The molecule has 1 N–H and O–H groups in total. The topological polar surface area (TPSA) is 24.9 Å². The van der Waals surface area contributed by atoms with Crippen molar-refractivity contribution >= 4 is 0 Å². The summed E-state index contributed by atoms with van der Waals surface area (Å²) >= 11 is 0. The van der Waals surface area contributed by atoms with Crippen LogP contribution in [0.15, 0.2) is 24.5 Å². The van der Waals surface area contributed by atoms with Gasteiger partial charge in [0.2, 0.25) is 0 Å². The number of nitrogens with one attached hydrogen (secondary N) is 1. The van der Waals surface area contributed by atoms with Crippen molar-refractivity contribution < 1.29 is 0 Å². The van der Waals surface area contributed by atoms with Crippen LogP contribution in [0.2, 0.25) is 0 Å². The molecule has 16 heavy (non-hydrogen) atoms. The molecule has 2 rings (SSSR count). The van der Waals surface area contributed by atoms with Gasteiger partial charge in [-0.05, 0) is 37.3 Å². The fourth-order valence-electron chi connectivity index (χ4n) is 2.31. The average molecular weight is 218 g/mol. The van der Waals surface area contributed by atoms with Crippen LogP contribution in [0.1, 0.15) is 45.1 Å². The molecule has 0 amide bonds. The van der Waals surface area contributed by atoms with Gasteiger partial charge in [0.25, 0.3) is 0 Å². The minimum Gasteiger partial charge on any atom is -0.313 e. The van der Waals surface area contributed by atoms with Crippen molar-refractivity contribution in [3.8, 4) is 0 Å². The zero-order chi connectivity index (χ0) is 11.4. The summed E-state index contributed by atoms with van der Waals surface area (Å²) in [6, 6.07) is 5.05. The van der Waals surface area contributed by atoms with Gasteiger partial charge in [-0.25, -0.2) is 0 Å². The largest absolute Gasteiger partial charge is 0.313 e. The Morgan fingerprint density at radius 1 is 1.38 bits per heavy atom. The smallest absolute Gasteiger partial charge is 0.0306 e. The van der Waals surface area contributed by atoms with Crippen LogP contribution in [-0.2, 0) is 5.41 Å². The van der Waals surface area contributed by atoms with Gasteiger partial charge < -0.3 is 5.32 Å². The summed E-state index contributed by atoms with van der Waals surface area (Å²) < 4.78 is 0. The Morgan fingerprint density at radius 3 is 2.62 bits per heavy atom. The van der Waals surface area contributed by atoms with E-state index in [9.17, 15) is 0 Å². The van der Waals surface area contributed by atoms with E-state index < -0.39 is 0 Å². The van der Waals surface area contributed by atoms with Crippen molar-refractivity contribution in [1.29, 1.82) is 0 Å². The van der Waals surface area contributed by atoms with Crippen LogP contribution in [0, 0.1) is 0 Å². The summed E-state index contributed by atoms with van der Waals surface area (Å²) in [5.74, 6) is 0. The van der Waals surface area contributed by atoms with Gasteiger partial charge >= 0.3 is 0 Å². The lowest BCUT2D eigenvalue weighted by atomic mass is 9.76. The second-order valence-corrected chi connectivity index (χ2v) is 4.88. The van der Waals surface area contributed by atoms with Crippen molar-refractivity contribution in [2.75, 3.05) is 6.54 Å². The van der Waals surface area contributed by atoms with Gasteiger partial charge in [-0.15, -0.1) is 0 Å². The van der Waals surface area contributed by atoms with E-state index in [2.05, 4.69) is 30.2 Å². The van der Waals surface area contributed by atoms with Crippen molar-refractivity contribution in [1.82, 2.24) is 10.3 Å². The Labute approximate surface area is 98.5 Å². The Hall–Kier alpha value is -0.890. The molecule has 2 heteroatoms. The highest BCUT2D eigenvalue weighted by atomic mass is 15.0. The van der Waals surface area contributed by atoms with E-state index in [1.807, 2.05) is 18.5 Å². The van der Waals surface area contributed by atoms with E-state index >= 15 is 0 Å². The van der Waals surface area contributed by atoms with E-state index in [-0.39, 0.29) is 5.41 Å². The molecule has 1 heterocycles. The molecule has 0 bridgehead atoms. The van der Waals surface area contributed by atoms with E-state index in [0.29, 0.717) is 0 Å². The molecule has 1 aliphatic carbocycles. The van der Waals surface area contributed by atoms with Gasteiger partial charge in [0.05, 0.1) is 0 Å². The number of pyridine rings is 1. The standard InChI is InChI=1S/C14H22N2/c1-3-14(4-2,11-16-13-7-8-13)12-6-5-9-15-10-12/h5-6,9-10,13,16H,3-4,7-8,11H2,1-2H3. The first-order valence-corrected chi connectivity index (χ1v) is 6.44. The van der Waals surface area contributed by atoms with Crippen LogP contribution in [0.3, 0.4) is 0 Å². The lowest BCUT2D eigenvalue weighted by Crippen LogP contribution is -2.38. The van der Waals surface area contributed by atoms with Gasteiger partial charge in [0.15, 0.2) is 0 Å². The number of rotatable bonds is 6. The molecule has 0 aliphatic heterocycles. The summed E-state index contributed by atoms with van der Waals surface area (Å²) in [5.41, 5.74) is 1.66. The van der Waals surface area contributed by atoms with Crippen LogP contribution >= 0.6 is 0 Å². The van der Waals surface area contributed by atoms with Crippen LogP contribution < -0.4 is 5.32 Å². The van der Waals surface area contributed by atoms with E-state index in [0.717, 1.165) is 12.6 Å². The number of aromatic nitrogens is 1. The first kappa shape index (κ1) is 11.6. The molecular formula is C14H22N2. The highest BCUT2D eigenvalue weighted by molar-refractivity contribution is 5.22. The molecule has 0 atom stereocenters. The van der Waals surface area contributed by atoms with Crippen molar-refractivity contribution in [3.63, 3.8) is 0 Å². The summed E-state index contributed by atoms with van der Waals surface area (Å²) in [6.45, 7) is 5.66. The van der Waals surface area contributed by atoms with Gasteiger partial charge in [0.1, 0.15) is 0 Å². The van der Waals surface area contributed by atoms with Crippen LogP contribution in [0.4, 0.5) is 0 Å². The summed E-state index contributed by atoms with van der Waals surface area (Å²) in [7, 11) is 0. The third kappa shape index (κ3) is 2.43. The first-order chi connectivity index (χ1) is 7.80. The highest BCUT2D eigenvalue weighted by Crippen LogP contribution is 2.31. The molecular weight excluding hydrogens is 196 g/mol. The van der Waals surface area contributed by atoms with Gasteiger partial charge in [-0.3, -0.25) is 4.98 Å². The second-order valence-electron chi connectivity index (χ2n) is 4.88. The maximum absolute atomic E-state index is 4.26. The molecule has 0 saturated heterocycles. The fraction of sp³-hybridized carbons (Fsp3) is 0.643. The van der Waals surface area contributed by atoms with E-state index in [4.69, 9.17) is 0 Å². The molecule has 1 aromatic heterocycles. The maximum atomic E-state index is 4.26. The van der Waals surface area contributed by atoms with Crippen molar-refractivity contribution in [3.05, 3.63) is 30.1 Å². The molecule has 1 aromatic rings. The summed E-state index contributed by atoms with van der Waals surface area (Å²) in [5, 5.41) is 3.67. The molecule has 88 valence electrons. The molecule has 1 aliphatic rings. The van der Waals surface area contributed by atoms with Crippen LogP contribution in [0.5, 0.6) is 0 Å². The first-order valence-electron chi connectivity index (χ1n) is 6.44. The lowest BCUT2D eigenvalue weighted by molar-refractivity contribution is 0.366. The highest BCUT2D eigenvalue weighted by Gasteiger charge is 2.31. The Morgan fingerprint density at radius 2 is 2.12 bits per heavy atom. The predicted molar refractivity (Wildman–Crippen MR) is 67.5 cm³/mol. The summed E-state index contributed by atoms with van der Waals surface area (Å²) in [4.78, 5) is 4.26. The van der Waals surface area contributed by atoms with Gasteiger partial charge in [0, 0.05) is 30.4 Å². The Balaban J connectivity index is 2.12. The normalized spacial score (nSPS) is 16.4. The average Bonchev–Trinajstić information content (AvgIpc) is 3.17. The van der Waals surface area contributed by atoms with E-state index in [1.54, 1.807) is 0 Å². The maximum Gasteiger partial charge on any atom is 0.0306 e. The fourth-order valence-corrected chi connectivity index (χ4v) is 2.31. The second kappa shape index (κ2) is 4.96. The van der Waals surface area contributed by atoms with Crippen molar-refractivity contribution in [2.24, 2.45) is 0 Å². The molecule has 0 aromatic carbocycles. The monoisotopic (exact) mass is 218 g/mol. The molecule has 1 fully saturated rings. The quantitative estimate of drug-likeness (QED) is 0.794. The van der Waals surface area contributed by atoms with Crippen molar-refractivity contribution in [2.45, 2.75) is 51.0 Å². The molecule has 2 nitrogen and oxygen atoms in total. The SMILES string of the molecule is CCC(CC)(CNC1CC1)c1cccnc1. The van der Waals surface area contributed by atoms with E-state index in [1.165, 1.54) is 31.2 Å². The molecule has 0 unspecified atom stereocenters. The lowest BCUT2D eigenvalue weighted by Gasteiger charge is -2.32. The van der Waals surface area contributed by atoms with Gasteiger partial charge in [-0.1, -0.05) is 19.9 Å². The van der Waals surface area contributed by atoms with Crippen LogP contribution in [-0.4, -0.2) is 17.6 Å². The minimum absolute atomic E-state index is 0.275. The molecule has 1 saturated carbocycles. The number of hydrogen-bond acceptors (Lipinski definition) is 2. The molecule has 0 spiro atoms.